The molecule has 0 saturated carbocycles. The fourth-order valence-corrected chi connectivity index (χ4v) is 3.44. The van der Waals surface area contributed by atoms with Gasteiger partial charge >= 0.3 is 11.9 Å². The lowest BCUT2D eigenvalue weighted by atomic mass is 10.3. The number of hydrogen-bond donors (Lipinski definition) is 1. The van der Waals surface area contributed by atoms with Gasteiger partial charge in [0.15, 0.2) is 0 Å². The van der Waals surface area contributed by atoms with E-state index in [1.54, 1.807) is 0 Å². The summed E-state index contributed by atoms with van der Waals surface area (Å²) in [5.41, 5.74) is -1.01. The Bertz CT molecular complexity index is 982. The van der Waals surface area contributed by atoms with Gasteiger partial charge in [0.05, 0.1) is 20.8 Å². The molecule has 0 saturated heterocycles. The number of sulfonamides is 1. The van der Waals surface area contributed by atoms with Crippen LogP contribution in [0.3, 0.4) is 0 Å². The van der Waals surface area contributed by atoms with Crippen LogP contribution in [0.5, 0.6) is 11.5 Å². The molecule has 1 aromatic heterocycles. The fourth-order valence-electron chi connectivity index (χ4n) is 2.24. The lowest BCUT2D eigenvalue weighted by Gasteiger charge is -2.12. The highest BCUT2D eigenvalue weighted by Crippen LogP contribution is 2.28. The number of nitrogens with one attached hydrogen (secondary N) is 1. The summed E-state index contributed by atoms with van der Waals surface area (Å²) in [4.78, 5) is 11.6. The minimum absolute atomic E-state index is 0.0534. The number of halogens is 3. The molecule has 0 atom stereocenters. The molecule has 0 radical (unpaired) electrons. The fraction of sp³-hybridized carbons (Fsp3) is 0.429. The molecule has 9 nitrogen and oxygen atoms in total. The highest BCUT2D eigenvalue weighted by molar-refractivity contribution is 7.89. The second-order valence-electron chi connectivity index (χ2n) is 5.30. The minimum atomic E-state index is -4.80. The third kappa shape index (κ3) is 4.42. The van der Waals surface area contributed by atoms with E-state index in [4.69, 9.17) is 9.47 Å². The topological polar surface area (TPSA) is 104 Å². The summed E-state index contributed by atoms with van der Waals surface area (Å²) in [5, 5.41) is 3.20. The largest absolute Gasteiger partial charge is 0.497 e. The average Bonchev–Trinajstić information content (AvgIpc) is 2.89. The van der Waals surface area contributed by atoms with Crippen LogP contribution in [0, 0.1) is 0 Å². The Labute approximate surface area is 152 Å². The third-order valence-electron chi connectivity index (χ3n) is 3.57. The molecule has 0 unspecified atom stereocenters. The molecule has 13 heteroatoms. The van der Waals surface area contributed by atoms with Crippen LogP contribution in [0.25, 0.3) is 0 Å². The normalized spacial score (nSPS) is 12.2. The van der Waals surface area contributed by atoms with E-state index < -0.39 is 34.3 Å². The van der Waals surface area contributed by atoms with Crippen molar-refractivity contribution in [1.29, 1.82) is 0 Å². The van der Waals surface area contributed by atoms with Crippen LogP contribution in [0.2, 0.25) is 0 Å². The van der Waals surface area contributed by atoms with Crippen molar-refractivity contribution in [3.8, 4) is 11.5 Å². The summed E-state index contributed by atoms with van der Waals surface area (Å²) in [7, 11) is -0.504. The van der Waals surface area contributed by atoms with Crippen LogP contribution < -0.4 is 19.9 Å². The SMILES string of the molecule is COc1ccc(OC)c(S(=O)(=O)NCCn2nc(C(F)(F)F)n(C)c2=O)c1. The predicted octanol–water partition coefficient (Wildman–Crippen LogP) is 0.596. The highest BCUT2D eigenvalue weighted by Gasteiger charge is 2.38. The van der Waals surface area contributed by atoms with E-state index in [1.165, 1.54) is 32.4 Å². The molecule has 2 rings (SSSR count). The zero-order valence-corrected chi connectivity index (χ0v) is 15.4. The monoisotopic (exact) mass is 410 g/mol. The van der Waals surface area contributed by atoms with E-state index in [0.717, 1.165) is 7.05 Å². The van der Waals surface area contributed by atoms with Gasteiger partial charge in [0.1, 0.15) is 16.4 Å². The molecule has 1 aromatic carbocycles. The van der Waals surface area contributed by atoms with Crippen molar-refractivity contribution in [2.24, 2.45) is 7.05 Å². The summed E-state index contributed by atoms with van der Waals surface area (Å²) in [6, 6.07) is 4.13. The maximum absolute atomic E-state index is 12.8. The Kier molecular flexibility index (Phi) is 5.85. The number of hydrogen-bond acceptors (Lipinski definition) is 6. The first kappa shape index (κ1) is 20.8. The Balaban J connectivity index is 2.19. The average molecular weight is 410 g/mol. The number of benzene rings is 1. The molecule has 0 fully saturated rings. The zero-order valence-electron chi connectivity index (χ0n) is 14.6. The van der Waals surface area contributed by atoms with Gasteiger partial charge in [-0.2, -0.15) is 13.2 Å². The summed E-state index contributed by atoms with van der Waals surface area (Å²) in [5.74, 6) is -1.05. The number of ether oxygens (including phenoxy) is 2. The van der Waals surface area contributed by atoms with Crippen LogP contribution in [0.1, 0.15) is 5.82 Å². The van der Waals surface area contributed by atoms with E-state index >= 15 is 0 Å². The smallest absolute Gasteiger partial charge is 0.451 e. The van der Waals surface area contributed by atoms with E-state index in [-0.39, 0.29) is 22.9 Å². The van der Waals surface area contributed by atoms with Crippen molar-refractivity contribution in [3.05, 3.63) is 34.5 Å². The number of nitrogens with zero attached hydrogens (tertiary/aromatic N) is 3. The standard InChI is InChI=1S/C14H17F3N4O5S/c1-20-12(14(15,16)17)19-21(13(20)22)7-6-18-27(23,24)11-8-9(25-2)4-5-10(11)26-3/h4-5,8,18H,6-7H2,1-3H3. The summed E-state index contributed by atoms with van der Waals surface area (Å²) in [6.45, 7) is -0.759. The van der Waals surface area contributed by atoms with Crippen LogP contribution in [-0.4, -0.2) is 43.5 Å². The predicted molar refractivity (Wildman–Crippen MR) is 87.2 cm³/mol. The maximum Gasteiger partial charge on any atom is 0.451 e. The number of methoxy groups -OCH3 is 2. The molecule has 0 bridgehead atoms. The molecule has 0 aliphatic heterocycles. The van der Waals surface area contributed by atoms with Gasteiger partial charge in [-0.3, -0.25) is 4.57 Å². The molecular formula is C14H17F3N4O5S. The first-order valence-electron chi connectivity index (χ1n) is 7.44. The van der Waals surface area contributed by atoms with Gasteiger partial charge in [-0.05, 0) is 12.1 Å². The van der Waals surface area contributed by atoms with E-state index in [2.05, 4.69) is 9.82 Å². The van der Waals surface area contributed by atoms with Crippen LogP contribution >= 0.6 is 0 Å². The van der Waals surface area contributed by atoms with Crippen molar-refractivity contribution in [2.75, 3.05) is 20.8 Å². The first-order valence-corrected chi connectivity index (χ1v) is 8.92. The summed E-state index contributed by atoms with van der Waals surface area (Å²) in [6.07, 6.45) is -4.80. The van der Waals surface area contributed by atoms with Crippen LogP contribution in [0.4, 0.5) is 13.2 Å². The second-order valence-corrected chi connectivity index (χ2v) is 7.04. The van der Waals surface area contributed by atoms with E-state index in [0.29, 0.717) is 9.25 Å². The molecule has 1 heterocycles. The molecular weight excluding hydrogens is 393 g/mol. The van der Waals surface area contributed by atoms with Crippen molar-refractivity contribution in [1.82, 2.24) is 19.1 Å². The van der Waals surface area contributed by atoms with Gasteiger partial charge in [-0.25, -0.2) is 22.6 Å². The molecule has 0 aliphatic rings. The molecule has 0 spiro atoms. The Morgan fingerprint density at radius 3 is 2.41 bits per heavy atom. The molecule has 1 N–H and O–H groups in total. The first-order chi connectivity index (χ1) is 12.5. The second kappa shape index (κ2) is 7.60. The van der Waals surface area contributed by atoms with Crippen LogP contribution in [0.15, 0.2) is 27.9 Å². The van der Waals surface area contributed by atoms with Crippen molar-refractivity contribution in [3.63, 3.8) is 0 Å². The third-order valence-corrected chi connectivity index (χ3v) is 5.05. The van der Waals surface area contributed by atoms with Gasteiger partial charge in [0.2, 0.25) is 15.8 Å². The van der Waals surface area contributed by atoms with Gasteiger partial charge in [-0.1, -0.05) is 0 Å². The van der Waals surface area contributed by atoms with Gasteiger partial charge < -0.3 is 9.47 Å². The number of rotatable bonds is 7. The lowest BCUT2D eigenvalue weighted by Crippen LogP contribution is -2.32. The van der Waals surface area contributed by atoms with E-state index in [9.17, 15) is 26.4 Å². The van der Waals surface area contributed by atoms with Gasteiger partial charge in [-0.15, -0.1) is 5.10 Å². The number of alkyl halides is 3. The Hall–Kier alpha value is -2.54. The molecule has 2 aromatic rings. The van der Waals surface area contributed by atoms with Crippen molar-refractivity contribution < 1.29 is 31.1 Å². The van der Waals surface area contributed by atoms with Crippen LogP contribution in [-0.2, 0) is 29.8 Å². The maximum atomic E-state index is 12.8. The Morgan fingerprint density at radius 1 is 1.22 bits per heavy atom. The molecule has 0 aliphatic carbocycles. The van der Waals surface area contributed by atoms with Gasteiger partial charge in [0, 0.05) is 19.7 Å². The zero-order chi connectivity index (χ0) is 20.4. The molecule has 27 heavy (non-hydrogen) atoms. The summed E-state index contributed by atoms with van der Waals surface area (Å²) < 4.78 is 76.2. The van der Waals surface area contributed by atoms with Crippen molar-refractivity contribution >= 4 is 10.0 Å². The molecule has 150 valence electrons. The Morgan fingerprint density at radius 2 is 1.89 bits per heavy atom. The lowest BCUT2D eigenvalue weighted by molar-refractivity contribution is -0.147. The van der Waals surface area contributed by atoms with E-state index in [1.807, 2.05) is 0 Å². The molecule has 0 amide bonds. The van der Waals surface area contributed by atoms with Crippen molar-refractivity contribution in [2.45, 2.75) is 17.6 Å². The summed E-state index contributed by atoms with van der Waals surface area (Å²) >= 11 is 0. The minimum Gasteiger partial charge on any atom is -0.497 e. The highest BCUT2D eigenvalue weighted by atomic mass is 32.2. The quantitative estimate of drug-likeness (QED) is 0.717. The van der Waals surface area contributed by atoms with Gasteiger partial charge in [0.25, 0.3) is 0 Å². The number of aromatic nitrogens is 3.